The molecule has 0 atom stereocenters. The second-order valence-electron chi connectivity index (χ2n) is 5.43. The van der Waals surface area contributed by atoms with Crippen molar-refractivity contribution in [1.29, 1.82) is 0 Å². The van der Waals surface area contributed by atoms with Crippen LogP contribution in [0.25, 0.3) is 0 Å². The standard InChI is InChI=1S/C19H32O2/c1-3-4-5-6-7-8-9-10-11-12-13-14-15-16-17-18-21-19(2)20/h6-7H,3-5,10-18H2,1-2H3. The van der Waals surface area contributed by atoms with Crippen molar-refractivity contribution in [2.24, 2.45) is 0 Å². The molecule has 0 amide bonds. The summed E-state index contributed by atoms with van der Waals surface area (Å²) in [4.78, 5) is 10.6. The molecule has 0 aromatic carbocycles. The van der Waals surface area contributed by atoms with Crippen molar-refractivity contribution in [1.82, 2.24) is 0 Å². The van der Waals surface area contributed by atoms with Gasteiger partial charge in [-0.25, -0.2) is 0 Å². The Morgan fingerprint density at radius 1 is 1.00 bits per heavy atom. The zero-order valence-electron chi connectivity index (χ0n) is 14.0. The number of hydrogen-bond acceptors (Lipinski definition) is 2. The maximum atomic E-state index is 10.6. The quantitative estimate of drug-likeness (QED) is 0.273. The zero-order valence-corrected chi connectivity index (χ0v) is 14.0. The molecule has 0 aliphatic carbocycles. The average Bonchev–Trinajstić information content (AvgIpc) is 2.46. The number of allylic oxidation sites excluding steroid dienone is 2. The maximum Gasteiger partial charge on any atom is 0.302 e. The van der Waals surface area contributed by atoms with Gasteiger partial charge in [-0.3, -0.25) is 4.79 Å². The molecule has 0 heterocycles. The highest BCUT2D eigenvalue weighted by molar-refractivity contribution is 5.65. The van der Waals surface area contributed by atoms with Gasteiger partial charge >= 0.3 is 5.97 Å². The van der Waals surface area contributed by atoms with E-state index in [1.54, 1.807) is 0 Å². The van der Waals surface area contributed by atoms with Crippen molar-refractivity contribution in [3.8, 4) is 11.8 Å². The highest BCUT2D eigenvalue weighted by Crippen LogP contribution is 2.08. The molecule has 0 saturated carbocycles. The van der Waals surface area contributed by atoms with Gasteiger partial charge in [-0.05, 0) is 25.3 Å². The normalized spacial score (nSPS) is 10.4. The van der Waals surface area contributed by atoms with Gasteiger partial charge < -0.3 is 4.74 Å². The third-order valence-electron chi connectivity index (χ3n) is 3.28. The summed E-state index contributed by atoms with van der Waals surface area (Å²) >= 11 is 0. The van der Waals surface area contributed by atoms with Crippen LogP contribution < -0.4 is 0 Å². The van der Waals surface area contributed by atoms with Crippen LogP contribution in [0.4, 0.5) is 0 Å². The van der Waals surface area contributed by atoms with E-state index in [9.17, 15) is 4.79 Å². The van der Waals surface area contributed by atoms with Crippen molar-refractivity contribution >= 4 is 5.97 Å². The van der Waals surface area contributed by atoms with Gasteiger partial charge in [-0.15, -0.1) is 0 Å². The zero-order chi connectivity index (χ0) is 15.6. The molecule has 21 heavy (non-hydrogen) atoms. The minimum atomic E-state index is -0.170. The summed E-state index contributed by atoms with van der Waals surface area (Å²) in [7, 11) is 0. The van der Waals surface area contributed by atoms with Gasteiger partial charge in [-0.1, -0.05) is 69.8 Å². The summed E-state index contributed by atoms with van der Waals surface area (Å²) < 4.78 is 4.90. The summed E-state index contributed by atoms with van der Waals surface area (Å²) in [5.74, 6) is 6.14. The Morgan fingerprint density at radius 2 is 1.67 bits per heavy atom. The molecule has 0 aromatic rings. The van der Waals surface area contributed by atoms with Gasteiger partial charge in [0.1, 0.15) is 0 Å². The van der Waals surface area contributed by atoms with Gasteiger partial charge in [0, 0.05) is 13.3 Å². The molecule has 2 heteroatoms. The van der Waals surface area contributed by atoms with Crippen LogP contribution in [0.5, 0.6) is 0 Å². The van der Waals surface area contributed by atoms with E-state index in [1.807, 2.05) is 6.08 Å². The Morgan fingerprint density at radius 3 is 2.33 bits per heavy atom. The molecule has 0 aromatic heterocycles. The first-order valence-corrected chi connectivity index (χ1v) is 8.54. The summed E-state index contributed by atoms with van der Waals surface area (Å²) in [6.07, 6.45) is 17.3. The molecule has 0 saturated heterocycles. The lowest BCUT2D eigenvalue weighted by molar-refractivity contribution is -0.141. The van der Waals surface area contributed by atoms with Crippen LogP contribution in [0.2, 0.25) is 0 Å². The molecule has 0 unspecified atom stereocenters. The van der Waals surface area contributed by atoms with E-state index in [-0.39, 0.29) is 5.97 Å². The smallest absolute Gasteiger partial charge is 0.302 e. The lowest BCUT2D eigenvalue weighted by Crippen LogP contribution is -1.99. The summed E-state index contributed by atoms with van der Waals surface area (Å²) in [5, 5.41) is 0. The predicted octanol–water partition coefficient (Wildman–Crippen LogP) is 5.42. The third-order valence-corrected chi connectivity index (χ3v) is 3.28. The van der Waals surface area contributed by atoms with E-state index in [0.29, 0.717) is 6.61 Å². The average molecular weight is 292 g/mol. The van der Waals surface area contributed by atoms with Crippen molar-refractivity contribution in [3.05, 3.63) is 12.2 Å². The van der Waals surface area contributed by atoms with Crippen molar-refractivity contribution in [3.63, 3.8) is 0 Å². The number of hydrogen-bond donors (Lipinski definition) is 0. The molecule has 2 nitrogen and oxygen atoms in total. The molecular formula is C19H32O2. The molecule has 0 fully saturated rings. The van der Waals surface area contributed by atoms with Crippen LogP contribution >= 0.6 is 0 Å². The van der Waals surface area contributed by atoms with Crippen LogP contribution in [-0.2, 0) is 9.53 Å². The SMILES string of the molecule is CCCCC=CC#CCCCCCCCCCOC(C)=O. The van der Waals surface area contributed by atoms with E-state index in [0.717, 1.165) is 25.7 Å². The van der Waals surface area contributed by atoms with Gasteiger partial charge in [0.15, 0.2) is 0 Å². The highest BCUT2D eigenvalue weighted by atomic mass is 16.5. The maximum absolute atomic E-state index is 10.6. The number of carbonyl (C=O) groups excluding carboxylic acids is 1. The molecule has 0 N–H and O–H groups in total. The van der Waals surface area contributed by atoms with E-state index in [4.69, 9.17) is 4.74 Å². The fourth-order valence-corrected chi connectivity index (χ4v) is 2.01. The van der Waals surface area contributed by atoms with Crippen molar-refractivity contribution < 1.29 is 9.53 Å². The molecule has 120 valence electrons. The first-order chi connectivity index (χ1) is 10.3. The second kappa shape index (κ2) is 16.8. The van der Waals surface area contributed by atoms with E-state index >= 15 is 0 Å². The largest absolute Gasteiger partial charge is 0.466 e. The Hall–Kier alpha value is -1.23. The minimum absolute atomic E-state index is 0.170. The summed E-state index contributed by atoms with van der Waals surface area (Å²) in [6, 6.07) is 0. The van der Waals surface area contributed by atoms with Crippen molar-refractivity contribution in [2.75, 3.05) is 6.61 Å². The fraction of sp³-hybridized carbons (Fsp3) is 0.737. The minimum Gasteiger partial charge on any atom is -0.466 e. The van der Waals surface area contributed by atoms with Crippen LogP contribution in [0.1, 0.15) is 84.5 Å². The molecule has 0 aliphatic heterocycles. The molecular weight excluding hydrogens is 260 g/mol. The van der Waals surface area contributed by atoms with Gasteiger partial charge in [0.05, 0.1) is 6.61 Å². The molecule has 0 radical (unpaired) electrons. The number of rotatable bonds is 12. The first kappa shape index (κ1) is 19.8. The van der Waals surface area contributed by atoms with Crippen LogP contribution in [0, 0.1) is 11.8 Å². The van der Waals surface area contributed by atoms with Crippen molar-refractivity contribution in [2.45, 2.75) is 84.5 Å². The third kappa shape index (κ3) is 18.8. The highest BCUT2D eigenvalue weighted by Gasteiger charge is 1.94. The van der Waals surface area contributed by atoms with E-state index < -0.39 is 0 Å². The summed E-state index contributed by atoms with van der Waals surface area (Å²) in [5.41, 5.74) is 0. The van der Waals surface area contributed by atoms with Crippen LogP contribution in [0.3, 0.4) is 0 Å². The second-order valence-corrected chi connectivity index (χ2v) is 5.43. The lowest BCUT2D eigenvalue weighted by atomic mass is 10.1. The number of unbranched alkanes of at least 4 members (excludes halogenated alkanes) is 9. The topological polar surface area (TPSA) is 26.3 Å². The Labute approximate surface area is 131 Å². The molecule has 0 spiro atoms. The molecule has 0 rings (SSSR count). The Balaban J connectivity index is 3.17. The predicted molar refractivity (Wildman–Crippen MR) is 90.0 cm³/mol. The summed E-state index contributed by atoms with van der Waals surface area (Å²) in [6.45, 7) is 4.25. The monoisotopic (exact) mass is 292 g/mol. The fourth-order valence-electron chi connectivity index (χ4n) is 2.01. The van der Waals surface area contributed by atoms with Gasteiger partial charge in [0.2, 0.25) is 0 Å². The van der Waals surface area contributed by atoms with Gasteiger partial charge in [0.25, 0.3) is 0 Å². The number of ether oxygens (including phenoxy) is 1. The van der Waals surface area contributed by atoms with E-state index in [2.05, 4.69) is 24.8 Å². The van der Waals surface area contributed by atoms with E-state index in [1.165, 1.54) is 51.9 Å². The Bertz CT molecular complexity index is 320. The number of esters is 1. The molecule has 0 bridgehead atoms. The van der Waals surface area contributed by atoms with Crippen LogP contribution in [0.15, 0.2) is 12.2 Å². The molecule has 0 aliphatic rings. The number of carbonyl (C=O) groups is 1. The van der Waals surface area contributed by atoms with Crippen LogP contribution in [-0.4, -0.2) is 12.6 Å². The Kier molecular flexibility index (Phi) is 15.8. The first-order valence-electron chi connectivity index (χ1n) is 8.54. The lowest BCUT2D eigenvalue weighted by Gasteiger charge is -2.02. The van der Waals surface area contributed by atoms with Gasteiger partial charge in [-0.2, -0.15) is 0 Å².